The standard InChI is InChI=1S/C31H39NO5/c1-4-32(5-2)29(33)19-13-21-31(22-14-20-30(34)37-6-3,25-35-23-27-15-9-7-10-16-27)26-36-24-28-17-11-8-12-18-28/h7-12,14-18,20H,4-6,21-26H2,1-3H3. The van der Waals surface area contributed by atoms with E-state index in [1.54, 1.807) is 17.9 Å². The number of benzene rings is 2. The van der Waals surface area contributed by atoms with Crippen molar-refractivity contribution in [2.24, 2.45) is 5.41 Å². The number of rotatable bonds is 15. The van der Waals surface area contributed by atoms with E-state index in [9.17, 15) is 9.59 Å². The molecule has 0 aliphatic heterocycles. The van der Waals surface area contributed by atoms with Gasteiger partial charge in [-0.05, 0) is 44.2 Å². The summed E-state index contributed by atoms with van der Waals surface area (Å²) in [5.74, 6) is 5.28. The lowest BCUT2D eigenvalue weighted by molar-refractivity contribution is -0.137. The van der Waals surface area contributed by atoms with E-state index in [4.69, 9.17) is 14.2 Å². The fourth-order valence-electron chi connectivity index (χ4n) is 3.75. The third-order valence-electron chi connectivity index (χ3n) is 5.84. The van der Waals surface area contributed by atoms with Crippen LogP contribution < -0.4 is 0 Å². The van der Waals surface area contributed by atoms with Gasteiger partial charge in [-0.3, -0.25) is 4.79 Å². The van der Waals surface area contributed by atoms with E-state index in [0.29, 0.717) is 59.0 Å². The van der Waals surface area contributed by atoms with Gasteiger partial charge in [0.1, 0.15) is 0 Å². The Morgan fingerprint density at radius 3 is 1.89 bits per heavy atom. The minimum Gasteiger partial charge on any atom is -0.463 e. The molecule has 0 spiro atoms. The van der Waals surface area contributed by atoms with Gasteiger partial charge < -0.3 is 19.1 Å². The highest BCUT2D eigenvalue weighted by Crippen LogP contribution is 2.29. The number of hydrogen-bond donors (Lipinski definition) is 0. The predicted molar refractivity (Wildman–Crippen MR) is 145 cm³/mol. The van der Waals surface area contributed by atoms with Crippen LogP contribution in [0.5, 0.6) is 0 Å². The summed E-state index contributed by atoms with van der Waals surface area (Å²) in [5.41, 5.74) is 1.56. The molecule has 6 nitrogen and oxygen atoms in total. The van der Waals surface area contributed by atoms with E-state index in [1.165, 1.54) is 6.08 Å². The van der Waals surface area contributed by atoms with Gasteiger partial charge in [-0.25, -0.2) is 4.79 Å². The molecular weight excluding hydrogens is 466 g/mol. The van der Waals surface area contributed by atoms with Crippen LogP contribution in [-0.4, -0.2) is 49.7 Å². The van der Waals surface area contributed by atoms with Gasteiger partial charge in [0.05, 0.1) is 33.0 Å². The molecular formula is C31H39NO5. The van der Waals surface area contributed by atoms with Gasteiger partial charge in [-0.2, -0.15) is 0 Å². The van der Waals surface area contributed by atoms with Gasteiger partial charge in [-0.15, -0.1) is 0 Å². The molecule has 198 valence electrons. The SMILES string of the molecule is CCOC(=O)C=CCC(CC#CC(=O)N(CC)CC)(COCc1ccccc1)COCc1ccccc1. The van der Waals surface area contributed by atoms with Crippen LogP contribution >= 0.6 is 0 Å². The van der Waals surface area contributed by atoms with Crippen LogP contribution in [-0.2, 0) is 37.0 Å². The lowest BCUT2D eigenvalue weighted by atomic mass is 9.82. The highest BCUT2D eigenvalue weighted by atomic mass is 16.5. The van der Waals surface area contributed by atoms with Crippen LogP contribution in [0, 0.1) is 17.3 Å². The Balaban J connectivity index is 2.23. The molecule has 2 aromatic rings. The fourth-order valence-corrected chi connectivity index (χ4v) is 3.75. The first-order chi connectivity index (χ1) is 18.0. The number of carbonyl (C=O) groups excluding carboxylic acids is 2. The molecule has 0 saturated heterocycles. The van der Waals surface area contributed by atoms with Gasteiger partial charge in [-0.1, -0.05) is 72.7 Å². The minimum absolute atomic E-state index is 0.198. The van der Waals surface area contributed by atoms with E-state index in [-0.39, 0.29) is 5.91 Å². The molecule has 2 rings (SSSR count). The average Bonchev–Trinajstić information content (AvgIpc) is 2.91. The van der Waals surface area contributed by atoms with Gasteiger partial charge >= 0.3 is 5.97 Å². The Hall–Kier alpha value is -3.40. The van der Waals surface area contributed by atoms with Crippen molar-refractivity contribution in [3.05, 3.63) is 83.9 Å². The zero-order chi connectivity index (χ0) is 26.8. The predicted octanol–water partition coefficient (Wildman–Crippen LogP) is 5.18. The van der Waals surface area contributed by atoms with Crippen LogP contribution in [0.4, 0.5) is 0 Å². The summed E-state index contributed by atoms with van der Waals surface area (Å²) in [4.78, 5) is 26.1. The number of esters is 1. The second kappa shape index (κ2) is 17.1. The van der Waals surface area contributed by atoms with E-state index >= 15 is 0 Å². The molecule has 0 unspecified atom stereocenters. The van der Waals surface area contributed by atoms with E-state index in [1.807, 2.05) is 74.5 Å². The number of nitrogens with zero attached hydrogens (tertiary/aromatic N) is 1. The minimum atomic E-state index is -0.566. The first-order valence-corrected chi connectivity index (χ1v) is 12.9. The molecule has 0 bridgehead atoms. The number of hydrogen-bond acceptors (Lipinski definition) is 5. The molecule has 2 aromatic carbocycles. The van der Waals surface area contributed by atoms with Crippen molar-refractivity contribution in [2.75, 3.05) is 32.9 Å². The summed E-state index contributed by atoms with van der Waals surface area (Å²) in [6.45, 7) is 8.74. The normalized spacial score (nSPS) is 11.1. The first kappa shape index (κ1) is 29.8. The van der Waals surface area contributed by atoms with Crippen molar-refractivity contribution >= 4 is 11.9 Å². The first-order valence-electron chi connectivity index (χ1n) is 12.9. The Morgan fingerprint density at radius 1 is 0.865 bits per heavy atom. The number of carbonyl (C=O) groups is 2. The zero-order valence-electron chi connectivity index (χ0n) is 22.3. The van der Waals surface area contributed by atoms with Gasteiger partial charge in [0.2, 0.25) is 0 Å². The zero-order valence-corrected chi connectivity index (χ0v) is 22.3. The summed E-state index contributed by atoms with van der Waals surface area (Å²) < 4.78 is 17.3. The average molecular weight is 506 g/mol. The third kappa shape index (κ3) is 11.5. The van der Waals surface area contributed by atoms with E-state index in [2.05, 4.69) is 11.8 Å². The second-order valence-corrected chi connectivity index (χ2v) is 8.77. The van der Waals surface area contributed by atoms with Crippen molar-refractivity contribution in [3.63, 3.8) is 0 Å². The topological polar surface area (TPSA) is 65.1 Å². The molecule has 0 heterocycles. The third-order valence-corrected chi connectivity index (χ3v) is 5.84. The quantitative estimate of drug-likeness (QED) is 0.190. The van der Waals surface area contributed by atoms with Gasteiger partial charge in [0, 0.05) is 31.0 Å². The summed E-state index contributed by atoms with van der Waals surface area (Å²) in [5, 5.41) is 0. The largest absolute Gasteiger partial charge is 0.463 e. The van der Waals surface area contributed by atoms with Crippen LogP contribution in [0.25, 0.3) is 0 Å². The molecule has 0 aromatic heterocycles. The number of allylic oxidation sites excluding steroid dienone is 1. The Bertz CT molecular complexity index is 974. The molecule has 0 aliphatic carbocycles. The van der Waals surface area contributed by atoms with Crippen LogP contribution in [0.3, 0.4) is 0 Å². The van der Waals surface area contributed by atoms with Crippen molar-refractivity contribution in [1.82, 2.24) is 4.90 Å². The van der Waals surface area contributed by atoms with E-state index < -0.39 is 11.4 Å². The lowest BCUT2D eigenvalue weighted by Crippen LogP contribution is -2.32. The molecule has 1 amide bonds. The van der Waals surface area contributed by atoms with Crippen LogP contribution in [0.15, 0.2) is 72.8 Å². The molecule has 0 saturated carbocycles. The maximum Gasteiger partial charge on any atom is 0.330 e. The number of ether oxygens (including phenoxy) is 3. The maximum absolute atomic E-state index is 12.5. The molecule has 0 radical (unpaired) electrons. The Kier molecular flexibility index (Phi) is 13.8. The van der Waals surface area contributed by atoms with Crippen LogP contribution in [0.2, 0.25) is 0 Å². The maximum atomic E-state index is 12.5. The van der Waals surface area contributed by atoms with Crippen molar-refractivity contribution in [2.45, 2.75) is 46.8 Å². The summed E-state index contributed by atoms with van der Waals surface area (Å²) >= 11 is 0. The van der Waals surface area contributed by atoms with Crippen molar-refractivity contribution in [3.8, 4) is 11.8 Å². The smallest absolute Gasteiger partial charge is 0.330 e. The van der Waals surface area contributed by atoms with Crippen molar-refractivity contribution in [1.29, 1.82) is 0 Å². The van der Waals surface area contributed by atoms with Crippen molar-refractivity contribution < 1.29 is 23.8 Å². The lowest BCUT2D eigenvalue weighted by Gasteiger charge is -2.31. The summed E-state index contributed by atoms with van der Waals surface area (Å²) in [7, 11) is 0. The number of amides is 1. The Labute approximate surface area is 221 Å². The molecule has 0 atom stereocenters. The Morgan fingerprint density at radius 2 is 1.41 bits per heavy atom. The highest BCUT2D eigenvalue weighted by Gasteiger charge is 2.30. The molecule has 0 fully saturated rings. The monoisotopic (exact) mass is 505 g/mol. The molecule has 0 aliphatic rings. The fraction of sp³-hybridized carbons (Fsp3) is 0.419. The molecule has 6 heteroatoms. The second-order valence-electron chi connectivity index (χ2n) is 8.77. The summed E-state index contributed by atoms with van der Waals surface area (Å²) in [6.07, 6.45) is 4.06. The molecule has 37 heavy (non-hydrogen) atoms. The van der Waals surface area contributed by atoms with Gasteiger partial charge in [0.25, 0.3) is 5.91 Å². The molecule has 0 N–H and O–H groups in total. The summed E-state index contributed by atoms with van der Waals surface area (Å²) in [6, 6.07) is 19.9. The highest BCUT2D eigenvalue weighted by molar-refractivity contribution is 5.93. The van der Waals surface area contributed by atoms with Gasteiger partial charge in [0.15, 0.2) is 0 Å². The van der Waals surface area contributed by atoms with Crippen LogP contribution in [0.1, 0.15) is 44.7 Å². The van der Waals surface area contributed by atoms with E-state index in [0.717, 1.165) is 11.1 Å².